The van der Waals surface area contributed by atoms with E-state index in [1.54, 1.807) is 0 Å². The number of carbonyl (C=O) groups is 4. The number of likely N-dealkylation sites (tertiary alicyclic amines) is 1. The summed E-state index contributed by atoms with van der Waals surface area (Å²) in [4.78, 5) is 54.1. The van der Waals surface area contributed by atoms with E-state index in [4.69, 9.17) is 17.2 Å². The van der Waals surface area contributed by atoms with Crippen molar-refractivity contribution < 1.29 is 34.5 Å². The molecule has 11 N–H and O–H groups in total. The lowest BCUT2D eigenvalue weighted by Crippen LogP contribution is -2.59. The van der Waals surface area contributed by atoms with Gasteiger partial charge in [-0.2, -0.15) is 0 Å². The van der Waals surface area contributed by atoms with Gasteiger partial charge in [-0.15, -0.1) is 0 Å². The zero-order chi connectivity index (χ0) is 24.4. The van der Waals surface area contributed by atoms with E-state index in [2.05, 4.69) is 15.6 Å². The van der Waals surface area contributed by atoms with Crippen LogP contribution < -0.4 is 27.8 Å². The van der Waals surface area contributed by atoms with E-state index in [1.807, 2.05) is 0 Å². The third kappa shape index (κ3) is 7.94. The number of carbonyl (C=O) groups excluding carboxylic acids is 3. The summed E-state index contributed by atoms with van der Waals surface area (Å²) in [5.74, 6) is -3.62. The Balaban J connectivity index is 2.93. The molecule has 0 aliphatic carbocycles. The van der Waals surface area contributed by atoms with Crippen LogP contribution in [0.1, 0.15) is 32.6 Å². The molecule has 0 aromatic heterocycles. The molecular weight excluding hydrogens is 426 g/mol. The van der Waals surface area contributed by atoms with Gasteiger partial charge in [0.15, 0.2) is 5.96 Å². The molecule has 1 rings (SSSR count). The summed E-state index contributed by atoms with van der Waals surface area (Å²) in [5.41, 5.74) is 16.1. The molecule has 1 aliphatic heterocycles. The number of carboxylic acid groups (broad SMARTS) is 1. The van der Waals surface area contributed by atoms with Crippen molar-refractivity contribution in [2.45, 2.75) is 62.9 Å². The average molecular weight is 460 g/mol. The molecule has 0 aromatic carbocycles. The summed E-state index contributed by atoms with van der Waals surface area (Å²) < 4.78 is 0. The number of aliphatic hydroxyl groups excluding tert-OH is 2. The number of amides is 3. The van der Waals surface area contributed by atoms with Crippen LogP contribution in [0.5, 0.6) is 0 Å². The van der Waals surface area contributed by atoms with Crippen LogP contribution in [0, 0.1) is 0 Å². The molecule has 0 saturated carbocycles. The van der Waals surface area contributed by atoms with Gasteiger partial charge < -0.3 is 48.1 Å². The normalized spacial score (nSPS) is 19.4. The van der Waals surface area contributed by atoms with Crippen molar-refractivity contribution in [2.24, 2.45) is 22.2 Å². The summed E-state index contributed by atoms with van der Waals surface area (Å²) in [6, 6.07) is -4.89. The minimum absolute atomic E-state index is 0.0868. The Morgan fingerprint density at radius 2 is 1.78 bits per heavy atom. The third-order valence-corrected chi connectivity index (χ3v) is 5.02. The zero-order valence-corrected chi connectivity index (χ0v) is 17.9. The van der Waals surface area contributed by atoms with Crippen LogP contribution in [-0.4, -0.2) is 99.8 Å². The number of rotatable bonds is 12. The van der Waals surface area contributed by atoms with Crippen LogP contribution in [0.3, 0.4) is 0 Å². The molecule has 1 fully saturated rings. The SMILES string of the molecule is CC(O)C(N)C(=O)NC(CO)C(=O)NC(CCCN=C(N)N)C(=O)N1CCCC1C(=O)O. The summed E-state index contributed by atoms with van der Waals surface area (Å²) in [6.45, 7) is 0.895. The molecule has 14 heteroatoms. The highest BCUT2D eigenvalue weighted by molar-refractivity contribution is 5.94. The minimum atomic E-state index is -1.44. The van der Waals surface area contributed by atoms with Gasteiger partial charge in [0, 0.05) is 13.1 Å². The summed E-state index contributed by atoms with van der Waals surface area (Å²) in [5, 5.41) is 32.9. The highest BCUT2D eigenvalue weighted by atomic mass is 16.4. The topological polar surface area (TPSA) is 247 Å². The Labute approximate surface area is 185 Å². The standard InChI is InChI=1S/C18H33N7O7/c1-9(27)13(19)15(29)24-11(8-26)14(28)23-10(4-2-6-22-18(20)21)16(30)25-7-3-5-12(25)17(31)32/h9-13,26-27H,2-8,19H2,1H3,(H,23,28)(H,24,29)(H,31,32)(H4,20,21,22). The van der Waals surface area contributed by atoms with Crippen molar-refractivity contribution in [3.05, 3.63) is 0 Å². The van der Waals surface area contributed by atoms with Gasteiger partial charge in [-0.1, -0.05) is 0 Å². The van der Waals surface area contributed by atoms with E-state index in [0.717, 1.165) is 0 Å². The first-order chi connectivity index (χ1) is 15.0. The van der Waals surface area contributed by atoms with Crippen molar-refractivity contribution in [3.8, 4) is 0 Å². The number of aliphatic hydroxyl groups is 2. The first-order valence-electron chi connectivity index (χ1n) is 10.2. The molecule has 14 nitrogen and oxygen atoms in total. The maximum Gasteiger partial charge on any atom is 0.326 e. The molecule has 5 atom stereocenters. The maximum atomic E-state index is 13.0. The largest absolute Gasteiger partial charge is 0.480 e. The first kappa shape index (κ1) is 27.1. The molecule has 32 heavy (non-hydrogen) atoms. The van der Waals surface area contributed by atoms with Gasteiger partial charge in [0.1, 0.15) is 24.2 Å². The lowest BCUT2D eigenvalue weighted by molar-refractivity contribution is -0.149. The summed E-state index contributed by atoms with van der Waals surface area (Å²) in [6.07, 6.45) is -0.00998. The Hall–Kier alpha value is -2.97. The number of hydrogen-bond acceptors (Lipinski definition) is 8. The second-order valence-electron chi connectivity index (χ2n) is 7.55. The maximum absolute atomic E-state index is 13.0. The number of guanidine groups is 1. The van der Waals surface area contributed by atoms with Crippen LogP contribution in [0.2, 0.25) is 0 Å². The van der Waals surface area contributed by atoms with E-state index in [-0.39, 0.29) is 25.5 Å². The number of nitrogens with zero attached hydrogens (tertiary/aromatic N) is 2. The van der Waals surface area contributed by atoms with Gasteiger partial charge in [0.05, 0.1) is 12.7 Å². The van der Waals surface area contributed by atoms with E-state index in [0.29, 0.717) is 19.3 Å². The fourth-order valence-electron chi connectivity index (χ4n) is 3.20. The Morgan fingerprint density at radius 1 is 1.16 bits per heavy atom. The van der Waals surface area contributed by atoms with Gasteiger partial charge in [-0.3, -0.25) is 19.4 Å². The zero-order valence-electron chi connectivity index (χ0n) is 17.9. The first-order valence-corrected chi connectivity index (χ1v) is 10.2. The fourth-order valence-corrected chi connectivity index (χ4v) is 3.20. The van der Waals surface area contributed by atoms with Gasteiger partial charge in [-0.25, -0.2) is 4.79 Å². The number of aliphatic carboxylic acids is 1. The molecule has 5 unspecified atom stereocenters. The summed E-state index contributed by atoms with van der Waals surface area (Å²) in [7, 11) is 0. The monoisotopic (exact) mass is 459 g/mol. The van der Waals surface area contributed by atoms with Crippen LogP contribution >= 0.6 is 0 Å². The van der Waals surface area contributed by atoms with Crippen LogP contribution in [0.25, 0.3) is 0 Å². The number of aliphatic imine (C=N–C) groups is 1. The Kier molecular flexibility index (Phi) is 10.8. The molecule has 1 aliphatic rings. The smallest absolute Gasteiger partial charge is 0.326 e. The number of nitrogens with one attached hydrogen (secondary N) is 2. The molecule has 0 bridgehead atoms. The van der Waals surface area contributed by atoms with Gasteiger partial charge in [0.2, 0.25) is 17.7 Å². The quantitative estimate of drug-likeness (QED) is 0.0793. The predicted molar refractivity (Wildman–Crippen MR) is 113 cm³/mol. The second kappa shape index (κ2) is 12.8. The lowest BCUT2D eigenvalue weighted by atomic mass is 10.1. The van der Waals surface area contributed by atoms with E-state index in [9.17, 15) is 34.5 Å². The fraction of sp³-hybridized carbons (Fsp3) is 0.722. The molecule has 0 aromatic rings. The average Bonchev–Trinajstić information content (AvgIpc) is 3.22. The van der Waals surface area contributed by atoms with E-state index in [1.165, 1.54) is 11.8 Å². The van der Waals surface area contributed by atoms with Crippen molar-refractivity contribution in [2.75, 3.05) is 19.7 Å². The van der Waals surface area contributed by atoms with Crippen molar-refractivity contribution >= 4 is 29.7 Å². The van der Waals surface area contributed by atoms with Crippen LogP contribution in [-0.2, 0) is 19.2 Å². The molecule has 0 radical (unpaired) electrons. The van der Waals surface area contributed by atoms with Gasteiger partial charge in [-0.05, 0) is 32.6 Å². The predicted octanol–water partition coefficient (Wildman–Crippen LogP) is -4.21. The van der Waals surface area contributed by atoms with Crippen molar-refractivity contribution in [1.29, 1.82) is 0 Å². The van der Waals surface area contributed by atoms with Crippen molar-refractivity contribution in [1.82, 2.24) is 15.5 Å². The Morgan fingerprint density at radius 3 is 2.31 bits per heavy atom. The van der Waals surface area contributed by atoms with E-state index < -0.39 is 60.6 Å². The lowest BCUT2D eigenvalue weighted by Gasteiger charge is -2.28. The molecule has 182 valence electrons. The minimum Gasteiger partial charge on any atom is -0.480 e. The molecular formula is C18H33N7O7. The summed E-state index contributed by atoms with van der Waals surface area (Å²) >= 11 is 0. The second-order valence-corrected chi connectivity index (χ2v) is 7.55. The van der Waals surface area contributed by atoms with E-state index >= 15 is 0 Å². The molecule has 1 heterocycles. The van der Waals surface area contributed by atoms with Gasteiger partial charge in [0.25, 0.3) is 0 Å². The number of hydrogen-bond donors (Lipinski definition) is 8. The van der Waals surface area contributed by atoms with Gasteiger partial charge >= 0.3 is 5.97 Å². The van der Waals surface area contributed by atoms with Crippen LogP contribution in [0.15, 0.2) is 4.99 Å². The number of nitrogens with two attached hydrogens (primary N) is 3. The van der Waals surface area contributed by atoms with Crippen LogP contribution in [0.4, 0.5) is 0 Å². The molecule has 3 amide bonds. The number of carboxylic acids is 1. The highest BCUT2D eigenvalue weighted by Gasteiger charge is 2.38. The Bertz CT molecular complexity index is 712. The highest BCUT2D eigenvalue weighted by Crippen LogP contribution is 2.19. The molecule has 0 spiro atoms. The molecule has 1 saturated heterocycles. The van der Waals surface area contributed by atoms with Crippen molar-refractivity contribution in [3.63, 3.8) is 0 Å². The third-order valence-electron chi connectivity index (χ3n) is 5.02.